The van der Waals surface area contributed by atoms with Crippen molar-refractivity contribution in [1.82, 2.24) is 0 Å². The van der Waals surface area contributed by atoms with Crippen LogP contribution < -0.4 is 0 Å². The molecule has 2 aromatic carbocycles. The van der Waals surface area contributed by atoms with Crippen LogP contribution in [-0.2, 0) is 10.3 Å². The van der Waals surface area contributed by atoms with Gasteiger partial charge in [-0.15, -0.1) is 0 Å². The van der Waals surface area contributed by atoms with E-state index in [-0.39, 0.29) is 12.6 Å². The summed E-state index contributed by atoms with van der Waals surface area (Å²) in [6.45, 7) is 2.04. The Balaban J connectivity index is 1.95. The Morgan fingerprint density at radius 1 is 1.09 bits per heavy atom. The van der Waals surface area contributed by atoms with Gasteiger partial charge in [0.25, 0.3) is 0 Å². The second-order valence-corrected chi connectivity index (χ2v) is 5.01. The quantitative estimate of drug-likeness (QED) is 0.653. The predicted molar refractivity (Wildman–Crippen MR) is 86.5 cm³/mol. The molecule has 0 aliphatic heterocycles. The third-order valence-corrected chi connectivity index (χ3v) is 3.53. The topological polar surface area (TPSA) is 46.5 Å². The van der Waals surface area contributed by atoms with Gasteiger partial charge in [0.05, 0.1) is 5.56 Å². The molecule has 22 heavy (non-hydrogen) atoms. The molecule has 114 valence electrons. The summed E-state index contributed by atoms with van der Waals surface area (Å²) in [6.07, 6.45) is 3.90. The highest BCUT2D eigenvalue weighted by Gasteiger charge is 2.22. The number of aliphatic hydroxyl groups is 1. The molecule has 0 spiro atoms. The van der Waals surface area contributed by atoms with Crippen molar-refractivity contribution in [3.8, 4) is 0 Å². The van der Waals surface area contributed by atoms with E-state index in [1.54, 1.807) is 36.4 Å². The third-order valence-electron chi connectivity index (χ3n) is 3.53. The Hall–Kier alpha value is -2.39. The first-order chi connectivity index (χ1) is 10.7. The van der Waals surface area contributed by atoms with E-state index in [0.717, 1.165) is 5.56 Å². The molecule has 1 atom stereocenters. The first-order valence-corrected chi connectivity index (χ1v) is 7.33. The fourth-order valence-corrected chi connectivity index (χ4v) is 2.17. The van der Waals surface area contributed by atoms with Crippen LogP contribution in [0, 0.1) is 0 Å². The fraction of sp³-hybridized carbons (Fsp3) is 0.211. The maximum absolute atomic E-state index is 11.8. The number of carbonyl (C=O) groups excluding carboxylic acids is 1. The normalized spacial score (nSPS) is 13.7. The predicted octanol–water partition coefficient (Wildman–Crippen LogP) is 3.70. The highest BCUT2D eigenvalue weighted by Crippen LogP contribution is 2.26. The highest BCUT2D eigenvalue weighted by molar-refractivity contribution is 5.89. The molecular weight excluding hydrogens is 276 g/mol. The van der Waals surface area contributed by atoms with Crippen LogP contribution in [0.3, 0.4) is 0 Å². The summed E-state index contributed by atoms with van der Waals surface area (Å²) in [6, 6.07) is 18.3. The second kappa shape index (κ2) is 7.57. The molecule has 0 heterocycles. The van der Waals surface area contributed by atoms with Crippen LogP contribution in [0.5, 0.6) is 0 Å². The van der Waals surface area contributed by atoms with Crippen molar-refractivity contribution >= 4 is 5.97 Å². The van der Waals surface area contributed by atoms with Gasteiger partial charge in [-0.05, 0) is 36.3 Å². The lowest BCUT2D eigenvalue weighted by atomic mass is 9.91. The van der Waals surface area contributed by atoms with Crippen molar-refractivity contribution in [3.05, 3.63) is 83.9 Å². The molecule has 2 aromatic rings. The minimum absolute atomic E-state index is 0.128. The SMILES string of the molecule is CCC(O)(/C=C/COC(=O)c1ccccc1)c1ccccc1. The monoisotopic (exact) mass is 296 g/mol. The summed E-state index contributed by atoms with van der Waals surface area (Å²) >= 11 is 0. The van der Waals surface area contributed by atoms with E-state index in [9.17, 15) is 9.90 Å². The molecule has 0 fully saturated rings. The van der Waals surface area contributed by atoms with Crippen molar-refractivity contribution in [3.63, 3.8) is 0 Å². The smallest absolute Gasteiger partial charge is 0.338 e. The summed E-state index contributed by atoms with van der Waals surface area (Å²) in [5.41, 5.74) is 0.299. The molecule has 0 saturated heterocycles. The summed E-state index contributed by atoms with van der Waals surface area (Å²) in [7, 11) is 0. The van der Waals surface area contributed by atoms with Crippen LogP contribution in [0.4, 0.5) is 0 Å². The number of esters is 1. The summed E-state index contributed by atoms with van der Waals surface area (Å²) in [5, 5.41) is 10.6. The number of benzene rings is 2. The average molecular weight is 296 g/mol. The molecule has 0 amide bonds. The van der Waals surface area contributed by atoms with Crippen LogP contribution in [0.25, 0.3) is 0 Å². The van der Waals surface area contributed by atoms with Gasteiger partial charge in [0.1, 0.15) is 12.2 Å². The van der Waals surface area contributed by atoms with Gasteiger partial charge in [-0.1, -0.05) is 55.5 Å². The van der Waals surface area contributed by atoms with Crippen molar-refractivity contribution in [2.45, 2.75) is 18.9 Å². The number of hydrogen-bond donors (Lipinski definition) is 1. The molecule has 0 aromatic heterocycles. The number of rotatable bonds is 6. The van der Waals surface area contributed by atoms with Gasteiger partial charge in [-0.25, -0.2) is 4.79 Å². The van der Waals surface area contributed by atoms with Crippen LogP contribution in [0.2, 0.25) is 0 Å². The van der Waals surface area contributed by atoms with Crippen molar-refractivity contribution in [2.24, 2.45) is 0 Å². The van der Waals surface area contributed by atoms with E-state index in [0.29, 0.717) is 12.0 Å². The van der Waals surface area contributed by atoms with Crippen molar-refractivity contribution < 1.29 is 14.6 Å². The van der Waals surface area contributed by atoms with Gasteiger partial charge in [0.2, 0.25) is 0 Å². The Labute approximate surface area is 130 Å². The lowest BCUT2D eigenvalue weighted by molar-refractivity contribution is 0.0540. The zero-order valence-electron chi connectivity index (χ0n) is 12.6. The van der Waals surface area contributed by atoms with Crippen LogP contribution in [0.15, 0.2) is 72.8 Å². The largest absolute Gasteiger partial charge is 0.458 e. The molecule has 0 saturated carbocycles. The Bertz CT molecular complexity index is 620. The van der Waals surface area contributed by atoms with E-state index in [1.165, 1.54) is 0 Å². The van der Waals surface area contributed by atoms with Crippen LogP contribution in [-0.4, -0.2) is 17.7 Å². The van der Waals surface area contributed by atoms with E-state index in [4.69, 9.17) is 4.74 Å². The van der Waals surface area contributed by atoms with Crippen LogP contribution >= 0.6 is 0 Å². The Morgan fingerprint density at radius 3 is 2.27 bits per heavy atom. The minimum atomic E-state index is -1.04. The van der Waals surface area contributed by atoms with Crippen LogP contribution in [0.1, 0.15) is 29.3 Å². The van der Waals surface area contributed by atoms with Gasteiger partial charge < -0.3 is 9.84 Å². The molecular formula is C19H20O3. The molecule has 0 aliphatic rings. The molecule has 1 unspecified atom stereocenters. The zero-order chi connectivity index (χ0) is 15.8. The Kier molecular flexibility index (Phi) is 5.50. The lowest BCUT2D eigenvalue weighted by Crippen LogP contribution is -2.21. The van der Waals surface area contributed by atoms with E-state index < -0.39 is 5.60 Å². The van der Waals surface area contributed by atoms with Crippen molar-refractivity contribution in [1.29, 1.82) is 0 Å². The fourth-order valence-electron chi connectivity index (χ4n) is 2.17. The average Bonchev–Trinajstić information content (AvgIpc) is 2.60. The molecule has 0 radical (unpaired) electrons. The standard InChI is InChI=1S/C19H20O3/c1-2-19(21,17-12-7-4-8-13-17)14-9-15-22-18(20)16-10-5-3-6-11-16/h3-14,21H,2,15H2,1H3/b14-9+. The zero-order valence-corrected chi connectivity index (χ0v) is 12.6. The first-order valence-electron chi connectivity index (χ1n) is 7.33. The van der Waals surface area contributed by atoms with E-state index >= 15 is 0 Å². The van der Waals surface area contributed by atoms with Gasteiger partial charge in [-0.2, -0.15) is 0 Å². The highest BCUT2D eigenvalue weighted by atomic mass is 16.5. The number of carbonyl (C=O) groups is 1. The maximum atomic E-state index is 11.8. The Morgan fingerprint density at radius 2 is 1.68 bits per heavy atom. The molecule has 0 bridgehead atoms. The number of hydrogen-bond acceptors (Lipinski definition) is 3. The van der Waals surface area contributed by atoms with Crippen molar-refractivity contribution in [2.75, 3.05) is 6.61 Å². The van der Waals surface area contributed by atoms with E-state index in [1.807, 2.05) is 43.3 Å². The molecule has 0 aliphatic carbocycles. The minimum Gasteiger partial charge on any atom is -0.458 e. The van der Waals surface area contributed by atoms with Gasteiger partial charge >= 0.3 is 5.97 Å². The summed E-state index contributed by atoms with van der Waals surface area (Å²) < 4.78 is 5.17. The van der Waals surface area contributed by atoms with Gasteiger partial charge in [-0.3, -0.25) is 0 Å². The summed E-state index contributed by atoms with van der Waals surface area (Å²) in [4.78, 5) is 11.8. The van der Waals surface area contributed by atoms with Gasteiger partial charge in [0.15, 0.2) is 0 Å². The first kappa shape index (κ1) is 16.0. The molecule has 3 nitrogen and oxygen atoms in total. The second-order valence-electron chi connectivity index (χ2n) is 5.01. The van der Waals surface area contributed by atoms with Gasteiger partial charge in [0, 0.05) is 0 Å². The molecule has 3 heteroatoms. The third kappa shape index (κ3) is 4.06. The maximum Gasteiger partial charge on any atom is 0.338 e. The molecule has 2 rings (SSSR count). The van der Waals surface area contributed by atoms with E-state index in [2.05, 4.69) is 0 Å². The molecule has 1 N–H and O–H groups in total. The summed E-state index contributed by atoms with van der Waals surface area (Å²) in [5.74, 6) is -0.370. The lowest BCUT2D eigenvalue weighted by Gasteiger charge is -2.23. The number of ether oxygens (including phenoxy) is 1.